The van der Waals surface area contributed by atoms with Crippen LogP contribution >= 0.6 is 11.3 Å². The molecule has 0 bridgehead atoms. The molecule has 174 valence electrons. The number of aliphatic hydroxyl groups excluding tert-OH is 1. The topological polar surface area (TPSA) is 133 Å². The van der Waals surface area contributed by atoms with E-state index in [0.29, 0.717) is 53.0 Å². The van der Waals surface area contributed by atoms with Crippen molar-refractivity contribution in [3.05, 3.63) is 46.6 Å². The van der Waals surface area contributed by atoms with Crippen molar-refractivity contribution >= 4 is 39.8 Å². The predicted molar refractivity (Wildman–Crippen MR) is 125 cm³/mol. The van der Waals surface area contributed by atoms with Gasteiger partial charge in [-0.1, -0.05) is 17.4 Å². The second-order valence-corrected chi connectivity index (χ2v) is 9.05. The van der Waals surface area contributed by atoms with Crippen LogP contribution in [-0.2, 0) is 11.3 Å². The molecule has 2 aromatic heterocycles. The van der Waals surface area contributed by atoms with E-state index < -0.39 is 0 Å². The summed E-state index contributed by atoms with van der Waals surface area (Å²) in [6.45, 7) is 4.83. The first-order chi connectivity index (χ1) is 15.8. The van der Waals surface area contributed by atoms with Crippen LogP contribution in [0.2, 0.25) is 0 Å². The third kappa shape index (κ3) is 5.32. The summed E-state index contributed by atoms with van der Waals surface area (Å²) in [4.78, 5) is 31.5. The molecule has 33 heavy (non-hydrogen) atoms. The molecule has 0 aliphatic carbocycles. The lowest BCUT2D eigenvalue weighted by Crippen LogP contribution is -2.41. The molecule has 3 aromatic rings. The van der Waals surface area contributed by atoms with Crippen LogP contribution in [0.25, 0.3) is 0 Å². The number of hydrogen-bond donors (Lipinski definition) is 4. The molecule has 1 fully saturated rings. The Kier molecular flexibility index (Phi) is 6.61. The van der Waals surface area contributed by atoms with Gasteiger partial charge in [-0.3, -0.25) is 14.3 Å². The number of likely N-dealkylation sites (tertiary alicyclic amines) is 1. The second-order valence-electron chi connectivity index (χ2n) is 8.02. The Morgan fingerprint density at radius 2 is 1.97 bits per heavy atom. The molecule has 0 unspecified atom stereocenters. The summed E-state index contributed by atoms with van der Waals surface area (Å²) in [5.41, 5.74) is 2.03. The molecule has 2 amide bonds. The van der Waals surface area contributed by atoms with E-state index in [4.69, 9.17) is 0 Å². The molecule has 0 saturated carbocycles. The maximum absolute atomic E-state index is 12.7. The number of carbonyl (C=O) groups is 2. The lowest BCUT2D eigenvalue weighted by atomic mass is 10.1. The first-order valence-electron chi connectivity index (χ1n) is 10.6. The van der Waals surface area contributed by atoms with Gasteiger partial charge in [-0.25, -0.2) is 4.98 Å². The van der Waals surface area contributed by atoms with Gasteiger partial charge in [0, 0.05) is 30.9 Å². The summed E-state index contributed by atoms with van der Waals surface area (Å²) in [6, 6.07) is 5.07. The quantitative estimate of drug-likeness (QED) is 0.435. The van der Waals surface area contributed by atoms with Crippen LogP contribution in [0, 0.1) is 13.8 Å². The van der Waals surface area contributed by atoms with E-state index in [0.717, 1.165) is 5.56 Å². The molecule has 4 N–H and O–H groups in total. The number of nitrogens with one attached hydrogen (secondary N) is 2. The highest BCUT2D eigenvalue weighted by atomic mass is 32.1. The van der Waals surface area contributed by atoms with Crippen molar-refractivity contribution in [2.75, 3.05) is 23.7 Å². The maximum Gasteiger partial charge on any atom is 0.267 e. The third-order valence-corrected chi connectivity index (χ3v) is 6.51. The van der Waals surface area contributed by atoms with E-state index in [1.807, 2.05) is 6.92 Å². The minimum absolute atomic E-state index is 0.0395. The summed E-state index contributed by atoms with van der Waals surface area (Å²) < 4.78 is 1.55. The fourth-order valence-corrected chi connectivity index (χ4v) is 4.34. The number of anilines is 3. The number of phenolic OH excluding ortho intramolecular Hbond substituents is 1. The second kappa shape index (κ2) is 9.59. The number of phenols is 1. The van der Waals surface area contributed by atoms with E-state index in [-0.39, 0.29) is 30.2 Å². The van der Waals surface area contributed by atoms with E-state index in [2.05, 4.69) is 20.7 Å². The van der Waals surface area contributed by atoms with Gasteiger partial charge in [0.1, 0.15) is 17.2 Å². The van der Waals surface area contributed by atoms with Crippen molar-refractivity contribution in [2.24, 2.45) is 0 Å². The van der Waals surface area contributed by atoms with Crippen LogP contribution in [0.4, 0.5) is 16.6 Å². The van der Waals surface area contributed by atoms with Crippen LogP contribution in [0.1, 0.15) is 33.6 Å². The molecule has 1 aromatic carbocycles. The summed E-state index contributed by atoms with van der Waals surface area (Å²) in [5.74, 6) is 0.273. The molecule has 0 radical (unpaired) electrons. The Hall–Kier alpha value is -3.44. The lowest BCUT2D eigenvalue weighted by molar-refractivity contribution is -0.134. The van der Waals surface area contributed by atoms with Crippen molar-refractivity contribution in [1.29, 1.82) is 0 Å². The Bertz CT molecular complexity index is 1170. The number of benzene rings is 1. The number of aliphatic hydroxyl groups is 1. The molecule has 11 heteroatoms. The smallest absolute Gasteiger partial charge is 0.267 e. The summed E-state index contributed by atoms with van der Waals surface area (Å²) in [7, 11) is 0. The van der Waals surface area contributed by atoms with Gasteiger partial charge < -0.3 is 25.7 Å². The highest BCUT2D eigenvalue weighted by Gasteiger charge is 2.21. The standard InChI is InChI=1S/C22H26N6O4S/c1-13-3-4-16(30)14(2)20(13)25-21(32)17-11-23-22(33-17)24-18-7-10-28(26-18)12-19(31)27-8-5-15(29)6-9-27/h3-4,7,10-11,15,29-30H,5-6,8-9,12H2,1-2H3,(H,25,32)(H,23,24,26). The van der Waals surface area contributed by atoms with Gasteiger partial charge in [0.25, 0.3) is 5.91 Å². The Labute approximate surface area is 194 Å². The maximum atomic E-state index is 12.7. The summed E-state index contributed by atoms with van der Waals surface area (Å²) >= 11 is 1.17. The minimum atomic E-state index is -0.326. The number of carbonyl (C=O) groups excluding carboxylic acids is 2. The zero-order valence-corrected chi connectivity index (χ0v) is 19.2. The van der Waals surface area contributed by atoms with Gasteiger partial charge in [-0.2, -0.15) is 5.10 Å². The Balaban J connectivity index is 1.35. The molecular formula is C22H26N6O4S. The molecule has 0 spiro atoms. The Morgan fingerprint density at radius 1 is 1.21 bits per heavy atom. The first kappa shape index (κ1) is 22.7. The van der Waals surface area contributed by atoms with Crippen molar-refractivity contribution in [1.82, 2.24) is 19.7 Å². The number of piperidine rings is 1. The SMILES string of the molecule is Cc1ccc(O)c(C)c1NC(=O)c1cnc(Nc2ccn(CC(=O)N3CCC(O)CC3)n2)s1. The van der Waals surface area contributed by atoms with E-state index in [1.165, 1.54) is 17.5 Å². The molecule has 10 nitrogen and oxygen atoms in total. The number of rotatable bonds is 6. The van der Waals surface area contributed by atoms with Gasteiger partial charge in [-0.05, 0) is 38.3 Å². The van der Waals surface area contributed by atoms with E-state index >= 15 is 0 Å². The molecule has 1 saturated heterocycles. The van der Waals surface area contributed by atoms with Gasteiger partial charge in [0.2, 0.25) is 5.91 Å². The molecule has 0 atom stereocenters. The zero-order chi connectivity index (χ0) is 23.5. The highest BCUT2D eigenvalue weighted by molar-refractivity contribution is 7.17. The molecule has 1 aliphatic heterocycles. The molecule has 4 rings (SSSR count). The summed E-state index contributed by atoms with van der Waals surface area (Å²) in [6.07, 6.45) is 4.05. The fraction of sp³-hybridized carbons (Fsp3) is 0.364. The summed E-state index contributed by atoms with van der Waals surface area (Å²) in [5, 5.41) is 30.2. The monoisotopic (exact) mass is 470 g/mol. The van der Waals surface area contributed by atoms with Crippen molar-refractivity contribution in [2.45, 2.75) is 39.3 Å². The van der Waals surface area contributed by atoms with Gasteiger partial charge >= 0.3 is 0 Å². The number of aryl methyl sites for hydroxylation is 1. The van der Waals surface area contributed by atoms with E-state index in [1.54, 1.807) is 40.9 Å². The lowest BCUT2D eigenvalue weighted by Gasteiger charge is -2.29. The van der Waals surface area contributed by atoms with Gasteiger partial charge in [0.15, 0.2) is 10.9 Å². The largest absolute Gasteiger partial charge is 0.508 e. The fourth-order valence-electron chi connectivity index (χ4n) is 3.62. The van der Waals surface area contributed by atoms with Crippen LogP contribution in [0.3, 0.4) is 0 Å². The minimum Gasteiger partial charge on any atom is -0.508 e. The van der Waals surface area contributed by atoms with Crippen molar-refractivity contribution in [3.8, 4) is 5.75 Å². The Morgan fingerprint density at radius 3 is 2.73 bits per heavy atom. The normalized spacial score (nSPS) is 14.3. The molecular weight excluding hydrogens is 444 g/mol. The van der Waals surface area contributed by atoms with Crippen LogP contribution in [0.15, 0.2) is 30.6 Å². The predicted octanol–water partition coefficient (Wildman–Crippen LogP) is 2.64. The number of nitrogens with zero attached hydrogens (tertiary/aromatic N) is 4. The third-order valence-electron chi connectivity index (χ3n) is 5.60. The first-order valence-corrected chi connectivity index (χ1v) is 11.4. The average Bonchev–Trinajstić information content (AvgIpc) is 3.44. The number of amides is 2. The van der Waals surface area contributed by atoms with Crippen LogP contribution in [0.5, 0.6) is 5.75 Å². The average molecular weight is 471 g/mol. The van der Waals surface area contributed by atoms with Crippen LogP contribution < -0.4 is 10.6 Å². The number of thiazole rings is 1. The van der Waals surface area contributed by atoms with Crippen molar-refractivity contribution < 1.29 is 19.8 Å². The number of hydrogen-bond acceptors (Lipinski definition) is 8. The molecule has 1 aliphatic rings. The zero-order valence-electron chi connectivity index (χ0n) is 18.4. The van der Waals surface area contributed by atoms with Gasteiger partial charge in [0.05, 0.1) is 18.0 Å². The van der Waals surface area contributed by atoms with E-state index in [9.17, 15) is 19.8 Å². The number of aromatic hydroxyl groups is 1. The van der Waals surface area contributed by atoms with Crippen molar-refractivity contribution in [3.63, 3.8) is 0 Å². The van der Waals surface area contributed by atoms with Gasteiger partial charge in [-0.15, -0.1) is 0 Å². The highest BCUT2D eigenvalue weighted by Crippen LogP contribution is 2.29. The molecule has 3 heterocycles. The number of aromatic nitrogens is 3. The van der Waals surface area contributed by atoms with Crippen LogP contribution in [-0.4, -0.2) is 60.9 Å².